The molecule has 120 valence electrons. The summed E-state index contributed by atoms with van der Waals surface area (Å²) in [6, 6.07) is 3.71. The summed E-state index contributed by atoms with van der Waals surface area (Å²) in [4.78, 5) is 0.367. The summed E-state index contributed by atoms with van der Waals surface area (Å²) in [6.45, 7) is 8.32. The highest BCUT2D eigenvalue weighted by atomic mass is 79.9. The van der Waals surface area contributed by atoms with E-state index in [9.17, 15) is 8.42 Å². The summed E-state index contributed by atoms with van der Waals surface area (Å²) in [7, 11) is -0.0360. The van der Waals surface area contributed by atoms with Gasteiger partial charge in [0.05, 0.1) is 4.90 Å². The maximum Gasteiger partial charge on any atom is 0.243 e. The van der Waals surface area contributed by atoms with Crippen molar-refractivity contribution in [2.75, 3.05) is 14.1 Å². The number of nitrogens with one attached hydrogen (secondary N) is 1. The number of halogens is 1. The van der Waals surface area contributed by atoms with E-state index in [-0.39, 0.29) is 0 Å². The van der Waals surface area contributed by atoms with Crippen LogP contribution in [0.2, 0.25) is 0 Å². The molecule has 1 aromatic rings. The van der Waals surface area contributed by atoms with Gasteiger partial charge in [-0.1, -0.05) is 22.9 Å². The normalized spacial score (nSPS) is 13.0. The van der Waals surface area contributed by atoms with Gasteiger partial charge in [-0.2, -0.15) is 4.31 Å². The average Bonchev–Trinajstić information content (AvgIpc) is 2.41. The zero-order chi connectivity index (χ0) is 16.4. The topological polar surface area (TPSA) is 49.4 Å². The van der Waals surface area contributed by atoms with Crippen LogP contribution in [0.4, 0.5) is 0 Å². The van der Waals surface area contributed by atoms with Gasteiger partial charge in [0.25, 0.3) is 0 Å². The highest BCUT2D eigenvalue weighted by Crippen LogP contribution is 2.31. The third-order valence-electron chi connectivity index (χ3n) is 4.09. The van der Waals surface area contributed by atoms with Crippen LogP contribution in [0.1, 0.15) is 38.3 Å². The molecule has 1 N–H and O–H groups in total. The van der Waals surface area contributed by atoms with Crippen LogP contribution in [0.15, 0.2) is 21.5 Å². The number of hydrogen-bond donors (Lipinski definition) is 1. The number of nitrogens with zero attached hydrogens (tertiary/aromatic N) is 1. The monoisotopic (exact) mass is 376 g/mol. The van der Waals surface area contributed by atoms with E-state index >= 15 is 0 Å². The molecule has 0 aliphatic carbocycles. The lowest BCUT2D eigenvalue weighted by atomic mass is 10.0. The van der Waals surface area contributed by atoms with E-state index in [0.717, 1.165) is 22.0 Å². The van der Waals surface area contributed by atoms with Crippen LogP contribution in [0.25, 0.3) is 0 Å². The number of benzene rings is 1. The molecule has 0 spiro atoms. The first-order valence-electron chi connectivity index (χ1n) is 7.00. The molecule has 0 unspecified atom stereocenters. The molecule has 0 atom stereocenters. The fourth-order valence-corrected chi connectivity index (χ4v) is 4.49. The molecule has 0 bridgehead atoms. The van der Waals surface area contributed by atoms with Gasteiger partial charge in [-0.15, -0.1) is 0 Å². The number of rotatable bonds is 6. The summed E-state index contributed by atoms with van der Waals surface area (Å²) >= 11 is 3.47. The Labute approximate surface area is 137 Å². The minimum Gasteiger partial charge on any atom is -0.316 e. The van der Waals surface area contributed by atoms with E-state index in [2.05, 4.69) is 21.2 Å². The van der Waals surface area contributed by atoms with Crippen molar-refractivity contribution in [2.24, 2.45) is 0 Å². The van der Waals surface area contributed by atoms with Crippen LogP contribution < -0.4 is 5.32 Å². The van der Waals surface area contributed by atoms with Crippen molar-refractivity contribution in [1.82, 2.24) is 9.62 Å². The fraction of sp³-hybridized carbons (Fsp3) is 0.600. The van der Waals surface area contributed by atoms with E-state index in [0.29, 0.717) is 11.4 Å². The molecular weight excluding hydrogens is 352 g/mol. The average molecular weight is 377 g/mol. The maximum absolute atomic E-state index is 13.0. The van der Waals surface area contributed by atoms with E-state index in [1.807, 2.05) is 40.8 Å². The van der Waals surface area contributed by atoms with Crippen molar-refractivity contribution in [3.8, 4) is 0 Å². The molecule has 0 amide bonds. The van der Waals surface area contributed by atoms with Crippen molar-refractivity contribution < 1.29 is 8.42 Å². The van der Waals surface area contributed by atoms with Crippen molar-refractivity contribution in [3.05, 3.63) is 27.7 Å². The Morgan fingerprint density at radius 2 is 1.90 bits per heavy atom. The summed E-state index contributed by atoms with van der Waals surface area (Å²) in [5, 5.41) is 3.05. The van der Waals surface area contributed by atoms with E-state index in [4.69, 9.17) is 0 Å². The molecule has 0 radical (unpaired) electrons. The fourth-order valence-electron chi connectivity index (χ4n) is 1.98. The maximum atomic E-state index is 13.0. The lowest BCUT2D eigenvalue weighted by molar-refractivity contribution is 0.257. The van der Waals surface area contributed by atoms with E-state index < -0.39 is 15.6 Å². The Hall–Kier alpha value is -0.430. The van der Waals surface area contributed by atoms with Crippen LogP contribution in [0.3, 0.4) is 0 Å². The zero-order valence-electron chi connectivity index (χ0n) is 13.6. The van der Waals surface area contributed by atoms with E-state index in [1.54, 1.807) is 13.1 Å². The highest BCUT2D eigenvalue weighted by molar-refractivity contribution is 9.10. The predicted octanol–water partition coefficient (Wildman–Crippen LogP) is 3.29. The molecule has 0 fully saturated rings. The van der Waals surface area contributed by atoms with E-state index in [1.165, 1.54) is 4.31 Å². The van der Waals surface area contributed by atoms with Gasteiger partial charge in [0, 0.05) is 23.6 Å². The van der Waals surface area contributed by atoms with Crippen molar-refractivity contribution in [3.63, 3.8) is 0 Å². The van der Waals surface area contributed by atoms with Crippen LogP contribution in [0, 0.1) is 6.92 Å². The first-order chi connectivity index (χ1) is 9.57. The first kappa shape index (κ1) is 18.6. The lowest BCUT2D eigenvalue weighted by Crippen LogP contribution is -2.44. The molecule has 0 saturated carbocycles. The minimum absolute atomic E-state index is 0.367. The Kier molecular flexibility index (Phi) is 6.00. The van der Waals surface area contributed by atoms with Gasteiger partial charge in [-0.05, 0) is 57.5 Å². The summed E-state index contributed by atoms with van der Waals surface area (Å²) in [5.41, 5.74) is 1.27. The van der Waals surface area contributed by atoms with Crippen LogP contribution >= 0.6 is 15.9 Å². The van der Waals surface area contributed by atoms with Gasteiger partial charge in [0.2, 0.25) is 10.0 Å². The Morgan fingerprint density at radius 1 is 1.33 bits per heavy atom. The molecule has 0 saturated heterocycles. The summed E-state index contributed by atoms with van der Waals surface area (Å²) < 4.78 is 28.2. The van der Waals surface area contributed by atoms with Crippen molar-refractivity contribution >= 4 is 26.0 Å². The second-order valence-corrected chi connectivity index (χ2v) is 8.66. The molecule has 0 aliphatic rings. The molecule has 4 nitrogen and oxygen atoms in total. The van der Waals surface area contributed by atoms with Crippen LogP contribution in [-0.4, -0.2) is 32.4 Å². The highest BCUT2D eigenvalue weighted by Gasteiger charge is 2.34. The molecular formula is C15H25BrN2O2S. The van der Waals surface area contributed by atoms with Gasteiger partial charge in [-0.25, -0.2) is 8.42 Å². The molecule has 0 aliphatic heterocycles. The SMILES string of the molecule is CCC(C)(C)N(C)S(=O)(=O)c1cc(CNC)cc(Br)c1C. The quantitative estimate of drug-likeness (QED) is 0.828. The second-order valence-electron chi connectivity index (χ2n) is 5.87. The van der Waals surface area contributed by atoms with Crippen molar-refractivity contribution in [1.29, 1.82) is 0 Å². The summed E-state index contributed by atoms with van der Waals surface area (Å²) in [6.07, 6.45) is 0.749. The summed E-state index contributed by atoms with van der Waals surface area (Å²) in [5.74, 6) is 0. The number of hydrogen-bond acceptors (Lipinski definition) is 3. The third kappa shape index (κ3) is 3.86. The molecule has 0 aromatic heterocycles. The van der Waals surface area contributed by atoms with Crippen LogP contribution in [0.5, 0.6) is 0 Å². The number of sulfonamides is 1. The van der Waals surface area contributed by atoms with Crippen molar-refractivity contribution in [2.45, 2.75) is 51.1 Å². The third-order valence-corrected chi connectivity index (χ3v) is 7.11. The lowest BCUT2D eigenvalue weighted by Gasteiger charge is -2.34. The zero-order valence-corrected chi connectivity index (χ0v) is 16.0. The Morgan fingerprint density at radius 3 is 2.38 bits per heavy atom. The first-order valence-corrected chi connectivity index (χ1v) is 9.24. The van der Waals surface area contributed by atoms with Crippen LogP contribution in [-0.2, 0) is 16.6 Å². The molecule has 21 heavy (non-hydrogen) atoms. The smallest absolute Gasteiger partial charge is 0.243 e. The largest absolute Gasteiger partial charge is 0.316 e. The minimum atomic E-state index is -3.53. The van der Waals surface area contributed by atoms with Gasteiger partial charge >= 0.3 is 0 Å². The van der Waals surface area contributed by atoms with Gasteiger partial charge in [0.1, 0.15) is 0 Å². The molecule has 6 heteroatoms. The second kappa shape index (κ2) is 6.77. The molecule has 1 aromatic carbocycles. The Balaban J connectivity index is 3.44. The predicted molar refractivity (Wildman–Crippen MR) is 91.0 cm³/mol. The van der Waals surface area contributed by atoms with Gasteiger partial charge in [0.15, 0.2) is 0 Å². The van der Waals surface area contributed by atoms with Gasteiger partial charge in [-0.3, -0.25) is 0 Å². The molecule has 1 rings (SSSR count). The molecule has 0 heterocycles. The Bertz CT molecular complexity index is 612. The standard InChI is InChI=1S/C15H25BrN2O2S/c1-7-15(3,4)18(6)21(19,20)14-9-12(10-17-5)8-13(16)11(14)2/h8-9,17H,7,10H2,1-6H3. The van der Waals surface area contributed by atoms with Gasteiger partial charge < -0.3 is 5.32 Å².